The summed E-state index contributed by atoms with van der Waals surface area (Å²) in [4.78, 5) is 10.3. The first-order chi connectivity index (χ1) is 5.29. The molecular weight excluding hydrogens is 142 g/mol. The minimum absolute atomic E-state index is 0.0364. The molecule has 0 atom stereocenters. The molecular formula is C8H9NO2. The van der Waals surface area contributed by atoms with E-state index in [4.69, 9.17) is 5.11 Å². The second kappa shape index (κ2) is 3.61. The molecule has 58 valence electrons. The van der Waals surface area contributed by atoms with Gasteiger partial charge in [-0.05, 0) is 12.2 Å². The van der Waals surface area contributed by atoms with Crippen molar-refractivity contribution < 1.29 is 9.90 Å². The van der Waals surface area contributed by atoms with E-state index in [1.165, 1.54) is 0 Å². The average Bonchev–Trinajstić information content (AvgIpc) is 2.14. The molecule has 2 N–H and O–H groups in total. The highest BCUT2D eigenvalue weighted by Gasteiger charge is 2.00. The molecule has 1 aliphatic rings. The third-order valence-electron chi connectivity index (χ3n) is 1.23. The maximum Gasteiger partial charge on any atom is 0.309 e. The van der Waals surface area contributed by atoms with E-state index >= 15 is 0 Å². The van der Waals surface area contributed by atoms with Gasteiger partial charge in [-0.3, -0.25) is 4.79 Å². The number of carboxylic acids is 1. The Bertz CT molecular complexity index is 238. The Hall–Kier alpha value is -1.51. The fourth-order valence-electron chi connectivity index (χ4n) is 0.768. The van der Waals surface area contributed by atoms with Crippen LogP contribution in [-0.4, -0.2) is 11.1 Å². The predicted molar refractivity (Wildman–Crippen MR) is 41.8 cm³/mol. The molecule has 0 saturated heterocycles. The largest absolute Gasteiger partial charge is 0.481 e. The highest BCUT2D eigenvalue weighted by atomic mass is 16.4. The van der Waals surface area contributed by atoms with Crippen LogP contribution in [-0.2, 0) is 4.79 Å². The maximum absolute atomic E-state index is 10.3. The van der Waals surface area contributed by atoms with Crippen molar-refractivity contribution in [2.24, 2.45) is 0 Å². The summed E-state index contributed by atoms with van der Waals surface area (Å²) in [5.41, 5.74) is 0.697. The quantitative estimate of drug-likeness (QED) is 0.619. The van der Waals surface area contributed by atoms with Gasteiger partial charge in [-0.25, -0.2) is 0 Å². The summed E-state index contributed by atoms with van der Waals surface area (Å²) in [6.07, 6.45) is 8.93. The minimum atomic E-state index is -0.826. The number of aliphatic carboxylic acids is 1. The third-order valence-corrected chi connectivity index (χ3v) is 1.23. The monoisotopic (exact) mass is 151 g/mol. The summed E-state index contributed by atoms with van der Waals surface area (Å²) >= 11 is 0. The average molecular weight is 151 g/mol. The van der Waals surface area contributed by atoms with Crippen molar-refractivity contribution in [1.82, 2.24) is 5.32 Å². The Kier molecular flexibility index (Phi) is 2.49. The normalized spacial score (nSPS) is 15.1. The van der Waals surface area contributed by atoms with Crippen molar-refractivity contribution >= 4 is 5.97 Å². The van der Waals surface area contributed by atoms with Gasteiger partial charge in [0.05, 0.1) is 6.42 Å². The maximum atomic E-state index is 10.3. The number of allylic oxidation sites excluding steroid dienone is 4. The van der Waals surface area contributed by atoms with Gasteiger partial charge in [0.1, 0.15) is 0 Å². The van der Waals surface area contributed by atoms with Crippen molar-refractivity contribution in [2.45, 2.75) is 6.42 Å². The molecule has 3 heteroatoms. The van der Waals surface area contributed by atoms with E-state index in [9.17, 15) is 4.79 Å². The number of carboxylic acid groups (broad SMARTS) is 1. The van der Waals surface area contributed by atoms with Crippen LogP contribution in [0.4, 0.5) is 0 Å². The molecule has 0 radical (unpaired) electrons. The number of nitrogens with one attached hydrogen (secondary N) is 1. The summed E-state index contributed by atoms with van der Waals surface area (Å²) < 4.78 is 0. The zero-order chi connectivity index (χ0) is 8.10. The molecule has 3 nitrogen and oxygen atoms in total. The molecule has 1 aliphatic heterocycles. The Morgan fingerprint density at radius 1 is 1.45 bits per heavy atom. The fraction of sp³-hybridized carbons (Fsp3) is 0.125. The first-order valence-corrected chi connectivity index (χ1v) is 3.30. The van der Waals surface area contributed by atoms with Crippen molar-refractivity contribution in [2.75, 3.05) is 0 Å². The van der Waals surface area contributed by atoms with Crippen LogP contribution in [0.1, 0.15) is 6.42 Å². The van der Waals surface area contributed by atoms with Crippen molar-refractivity contribution in [3.05, 3.63) is 36.2 Å². The number of rotatable bonds is 2. The fourth-order valence-corrected chi connectivity index (χ4v) is 0.768. The van der Waals surface area contributed by atoms with Gasteiger partial charge >= 0.3 is 5.97 Å². The molecule has 0 aromatic heterocycles. The van der Waals surface area contributed by atoms with E-state index < -0.39 is 5.97 Å². The van der Waals surface area contributed by atoms with E-state index in [0.29, 0.717) is 5.70 Å². The summed E-state index contributed by atoms with van der Waals surface area (Å²) in [6, 6.07) is 0. The molecule has 1 rings (SSSR count). The van der Waals surface area contributed by atoms with Crippen LogP contribution in [0.2, 0.25) is 0 Å². The van der Waals surface area contributed by atoms with Gasteiger partial charge < -0.3 is 10.4 Å². The van der Waals surface area contributed by atoms with Gasteiger partial charge in [0.15, 0.2) is 0 Å². The van der Waals surface area contributed by atoms with Crippen LogP contribution in [0, 0.1) is 0 Å². The van der Waals surface area contributed by atoms with Crippen LogP contribution in [0.15, 0.2) is 36.2 Å². The highest BCUT2D eigenvalue weighted by molar-refractivity contribution is 5.70. The molecule has 0 amide bonds. The summed E-state index contributed by atoms with van der Waals surface area (Å²) in [5.74, 6) is -0.826. The van der Waals surface area contributed by atoms with E-state index in [0.717, 1.165) is 0 Å². The van der Waals surface area contributed by atoms with Crippen LogP contribution in [0.3, 0.4) is 0 Å². The Morgan fingerprint density at radius 2 is 2.27 bits per heavy atom. The summed E-state index contributed by atoms with van der Waals surface area (Å²) in [7, 11) is 0. The van der Waals surface area contributed by atoms with Gasteiger partial charge in [-0.1, -0.05) is 12.2 Å². The first-order valence-electron chi connectivity index (χ1n) is 3.30. The topological polar surface area (TPSA) is 49.3 Å². The lowest BCUT2D eigenvalue weighted by Crippen LogP contribution is -2.08. The number of hydrogen-bond donors (Lipinski definition) is 2. The zero-order valence-electron chi connectivity index (χ0n) is 5.95. The Balaban J connectivity index is 2.57. The molecule has 0 fully saturated rings. The van der Waals surface area contributed by atoms with Gasteiger partial charge in [0.25, 0.3) is 0 Å². The van der Waals surface area contributed by atoms with Crippen molar-refractivity contribution in [3.8, 4) is 0 Å². The second-order valence-electron chi connectivity index (χ2n) is 2.15. The van der Waals surface area contributed by atoms with Gasteiger partial charge in [0, 0.05) is 11.9 Å². The highest BCUT2D eigenvalue weighted by Crippen LogP contribution is 2.00. The predicted octanol–water partition coefficient (Wildman–Crippen LogP) is 1.02. The zero-order valence-corrected chi connectivity index (χ0v) is 5.95. The summed E-state index contributed by atoms with van der Waals surface area (Å²) in [5, 5.41) is 11.3. The van der Waals surface area contributed by atoms with Gasteiger partial charge in [-0.2, -0.15) is 0 Å². The smallest absolute Gasteiger partial charge is 0.309 e. The van der Waals surface area contributed by atoms with Crippen LogP contribution in [0.25, 0.3) is 0 Å². The molecule has 11 heavy (non-hydrogen) atoms. The van der Waals surface area contributed by atoms with Crippen molar-refractivity contribution in [3.63, 3.8) is 0 Å². The first kappa shape index (κ1) is 7.60. The molecule has 1 heterocycles. The van der Waals surface area contributed by atoms with E-state index in [1.54, 1.807) is 18.4 Å². The Morgan fingerprint density at radius 3 is 3.00 bits per heavy atom. The van der Waals surface area contributed by atoms with E-state index in [2.05, 4.69) is 5.32 Å². The number of carbonyl (C=O) groups is 1. The van der Waals surface area contributed by atoms with Gasteiger partial charge in [0.2, 0.25) is 0 Å². The van der Waals surface area contributed by atoms with Gasteiger partial charge in [-0.15, -0.1) is 0 Å². The molecule has 0 spiro atoms. The molecule has 0 aromatic rings. The second-order valence-corrected chi connectivity index (χ2v) is 2.15. The molecule has 0 unspecified atom stereocenters. The standard InChI is InChI=1S/C8H9NO2/c10-8(11)6-7-4-2-1-3-5-9-7/h1-5,9H,6H2,(H,10,11). The van der Waals surface area contributed by atoms with Crippen LogP contribution >= 0.6 is 0 Å². The van der Waals surface area contributed by atoms with Crippen molar-refractivity contribution in [1.29, 1.82) is 0 Å². The Labute approximate surface area is 64.7 Å². The molecule has 0 saturated carbocycles. The summed E-state index contributed by atoms with van der Waals surface area (Å²) in [6.45, 7) is 0. The van der Waals surface area contributed by atoms with Crippen LogP contribution in [0.5, 0.6) is 0 Å². The number of hydrogen-bond acceptors (Lipinski definition) is 2. The molecule has 0 aliphatic carbocycles. The lowest BCUT2D eigenvalue weighted by Gasteiger charge is -2.00. The third kappa shape index (κ3) is 2.71. The molecule has 0 bridgehead atoms. The lowest BCUT2D eigenvalue weighted by molar-refractivity contribution is -0.136. The van der Waals surface area contributed by atoms with E-state index in [1.807, 2.05) is 12.2 Å². The molecule has 0 aromatic carbocycles. The lowest BCUT2D eigenvalue weighted by atomic mass is 10.3. The van der Waals surface area contributed by atoms with E-state index in [-0.39, 0.29) is 6.42 Å². The minimum Gasteiger partial charge on any atom is -0.481 e. The SMILES string of the molecule is O=C(O)CC1=CC=CC=CN1. The van der Waals surface area contributed by atoms with Crippen LogP contribution < -0.4 is 5.32 Å².